The molecule has 1 aromatic heterocycles. The Kier molecular flexibility index (Phi) is 2.19. The van der Waals surface area contributed by atoms with Crippen LogP contribution in [0.4, 0.5) is 5.69 Å². The second-order valence-corrected chi connectivity index (χ2v) is 3.70. The lowest BCUT2D eigenvalue weighted by Crippen LogP contribution is -1.97. The number of nitrogens with two attached hydrogens (primary N) is 1. The molecule has 78 valence electrons. The zero-order valence-corrected chi connectivity index (χ0v) is 9.15. The minimum atomic E-state index is 0.773. The van der Waals surface area contributed by atoms with Crippen LogP contribution in [0.1, 0.15) is 11.4 Å². The average molecular weight is 202 g/mol. The molecule has 0 amide bonds. The Labute approximate surface area is 88.8 Å². The molecule has 2 aromatic rings. The Hall–Kier alpha value is -1.84. The van der Waals surface area contributed by atoms with Gasteiger partial charge in [-0.05, 0) is 37.6 Å². The quantitative estimate of drug-likeness (QED) is 0.716. The van der Waals surface area contributed by atoms with Crippen LogP contribution in [0.2, 0.25) is 0 Å². The number of nitrogens with zero attached hydrogens (tertiary/aromatic N) is 3. The Morgan fingerprint density at radius 3 is 2.47 bits per heavy atom. The van der Waals surface area contributed by atoms with Crippen LogP contribution in [-0.4, -0.2) is 14.8 Å². The van der Waals surface area contributed by atoms with E-state index in [4.69, 9.17) is 5.73 Å². The Morgan fingerprint density at radius 2 is 1.93 bits per heavy atom. The van der Waals surface area contributed by atoms with Crippen molar-refractivity contribution in [1.29, 1.82) is 0 Å². The van der Waals surface area contributed by atoms with E-state index in [1.165, 1.54) is 0 Å². The summed E-state index contributed by atoms with van der Waals surface area (Å²) in [5.74, 6) is 1.78. The zero-order chi connectivity index (χ0) is 11.0. The van der Waals surface area contributed by atoms with Gasteiger partial charge >= 0.3 is 0 Å². The molecular weight excluding hydrogens is 188 g/mol. The maximum atomic E-state index is 5.71. The molecule has 0 unspecified atom stereocenters. The van der Waals surface area contributed by atoms with Gasteiger partial charge in [0.05, 0.1) is 0 Å². The highest BCUT2D eigenvalue weighted by Crippen LogP contribution is 2.23. The lowest BCUT2D eigenvalue weighted by molar-refractivity contribution is 0.864. The summed E-state index contributed by atoms with van der Waals surface area (Å²) in [4.78, 5) is 0. The van der Waals surface area contributed by atoms with Gasteiger partial charge in [-0.1, -0.05) is 0 Å². The molecule has 4 nitrogen and oxygen atoms in total. The smallest absolute Gasteiger partial charge is 0.163 e. The number of aryl methyl sites for hydroxylation is 2. The zero-order valence-electron chi connectivity index (χ0n) is 9.15. The van der Waals surface area contributed by atoms with Crippen LogP contribution in [-0.2, 0) is 7.05 Å². The number of nitrogen functional groups attached to an aromatic ring is 1. The van der Waals surface area contributed by atoms with Crippen molar-refractivity contribution < 1.29 is 0 Å². The molecule has 0 radical (unpaired) electrons. The molecule has 4 heteroatoms. The molecule has 2 N–H and O–H groups in total. The fourth-order valence-corrected chi connectivity index (χ4v) is 1.58. The van der Waals surface area contributed by atoms with E-state index in [1.807, 2.05) is 43.7 Å². The summed E-state index contributed by atoms with van der Waals surface area (Å²) in [5, 5.41) is 8.19. The SMILES string of the molecule is Cc1cc(N)ccc1-c1nnc(C)n1C. The number of hydrogen-bond acceptors (Lipinski definition) is 3. The van der Waals surface area contributed by atoms with Gasteiger partial charge < -0.3 is 10.3 Å². The Bertz CT molecular complexity index is 499. The molecule has 0 saturated heterocycles. The fraction of sp³-hybridized carbons (Fsp3) is 0.273. The summed E-state index contributed by atoms with van der Waals surface area (Å²) in [6.07, 6.45) is 0. The van der Waals surface area contributed by atoms with Gasteiger partial charge in [0.15, 0.2) is 5.82 Å². The third kappa shape index (κ3) is 1.58. The summed E-state index contributed by atoms with van der Waals surface area (Å²) in [6.45, 7) is 3.96. The number of hydrogen-bond donors (Lipinski definition) is 1. The van der Waals surface area contributed by atoms with Crippen LogP contribution in [0, 0.1) is 13.8 Å². The first-order valence-electron chi connectivity index (χ1n) is 4.82. The minimum Gasteiger partial charge on any atom is -0.399 e. The van der Waals surface area contributed by atoms with Crippen molar-refractivity contribution in [2.45, 2.75) is 13.8 Å². The van der Waals surface area contributed by atoms with Crippen LogP contribution in [0.15, 0.2) is 18.2 Å². The maximum Gasteiger partial charge on any atom is 0.163 e. The molecule has 15 heavy (non-hydrogen) atoms. The van der Waals surface area contributed by atoms with Gasteiger partial charge in [-0.25, -0.2) is 0 Å². The number of benzene rings is 1. The number of anilines is 1. The van der Waals surface area contributed by atoms with Crippen LogP contribution in [0.25, 0.3) is 11.4 Å². The van der Waals surface area contributed by atoms with Crippen molar-refractivity contribution >= 4 is 5.69 Å². The molecule has 0 aliphatic heterocycles. The molecule has 1 aromatic carbocycles. The standard InChI is InChI=1S/C11H14N4/c1-7-6-9(12)4-5-10(7)11-14-13-8(2)15(11)3/h4-6H,12H2,1-3H3. The monoisotopic (exact) mass is 202 g/mol. The highest BCUT2D eigenvalue weighted by Gasteiger charge is 2.09. The van der Waals surface area contributed by atoms with Crippen molar-refractivity contribution in [2.24, 2.45) is 7.05 Å². The largest absolute Gasteiger partial charge is 0.399 e. The number of aromatic nitrogens is 3. The van der Waals surface area contributed by atoms with E-state index in [-0.39, 0.29) is 0 Å². The van der Waals surface area contributed by atoms with Gasteiger partial charge in [0.2, 0.25) is 0 Å². The molecule has 0 aliphatic carbocycles. The predicted octanol–water partition coefficient (Wildman–Crippen LogP) is 1.68. The van der Waals surface area contributed by atoms with Crippen molar-refractivity contribution in [2.75, 3.05) is 5.73 Å². The summed E-state index contributed by atoms with van der Waals surface area (Å²) >= 11 is 0. The van der Waals surface area contributed by atoms with Crippen molar-refractivity contribution in [3.63, 3.8) is 0 Å². The summed E-state index contributed by atoms with van der Waals surface area (Å²) in [5.41, 5.74) is 8.67. The van der Waals surface area contributed by atoms with Crippen LogP contribution < -0.4 is 5.73 Å². The van der Waals surface area contributed by atoms with Gasteiger partial charge in [0, 0.05) is 18.3 Å². The van der Waals surface area contributed by atoms with Crippen LogP contribution in [0.5, 0.6) is 0 Å². The molecule has 0 fully saturated rings. The lowest BCUT2D eigenvalue weighted by Gasteiger charge is -2.06. The van der Waals surface area contributed by atoms with Gasteiger partial charge in [0.25, 0.3) is 0 Å². The molecule has 0 aliphatic rings. The normalized spacial score (nSPS) is 10.6. The molecule has 1 heterocycles. The Morgan fingerprint density at radius 1 is 1.20 bits per heavy atom. The minimum absolute atomic E-state index is 0.773. The van der Waals surface area contributed by atoms with E-state index in [0.29, 0.717) is 0 Å². The highest BCUT2D eigenvalue weighted by atomic mass is 15.3. The lowest BCUT2D eigenvalue weighted by atomic mass is 10.1. The first-order valence-corrected chi connectivity index (χ1v) is 4.82. The second kappa shape index (κ2) is 3.38. The maximum absolute atomic E-state index is 5.71. The van der Waals surface area contributed by atoms with Gasteiger partial charge in [-0.3, -0.25) is 0 Å². The van der Waals surface area contributed by atoms with E-state index in [2.05, 4.69) is 10.2 Å². The van der Waals surface area contributed by atoms with E-state index in [1.54, 1.807) is 0 Å². The average Bonchev–Trinajstić information content (AvgIpc) is 2.49. The third-order valence-corrected chi connectivity index (χ3v) is 2.58. The summed E-state index contributed by atoms with van der Waals surface area (Å²) in [7, 11) is 1.96. The topological polar surface area (TPSA) is 56.7 Å². The van der Waals surface area contributed by atoms with Gasteiger partial charge in [-0.15, -0.1) is 10.2 Å². The van der Waals surface area contributed by atoms with E-state index >= 15 is 0 Å². The van der Waals surface area contributed by atoms with E-state index < -0.39 is 0 Å². The second-order valence-electron chi connectivity index (χ2n) is 3.70. The van der Waals surface area contributed by atoms with E-state index in [0.717, 1.165) is 28.5 Å². The summed E-state index contributed by atoms with van der Waals surface area (Å²) < 4.78 is 1.97. The van der Waals surface area contributed by atoms with Crippen LogP contribution in [0.3, 0.4) is 0 Å². The fourth-order valence-electron chi connectivity index (χ4n) is 1.58. The van der Waals surface area contributed by atoms with Crippen molar-refractivity contribution in [1.82, 2.24) is 14.8 Å². The molecular formula is C11H14N4. The predicted molar refractivity (Wildman–Crippen MR) is 60.3 cm³/mol. The van der Waals surface area contributed by atoms with Gasteiger partial charge in [0.1, 0.15) is 5.82 Å². The van der Waals surface area contributed by atoms with Gasteiger partial charge in [-0.2, -0.15) is 0 Å². The van der Waals surface area contributed by atoms with Crippen LogP contribution >= 0.6 is 0 Å². The molecule has 0 bridgehead atoms. The third-order valence-electron chi connectivity index (χ3n) is 2.58. The highest BCUT2D eigenvalue weighted by molar-refractivity contribution is 5.63. The summed E-state index contributed by atoms with van der Waals surface area (Å²) in [6, 6.07) is 5.81. The van der Waals surface area contributed by atoms with Crippen molar-refractivity contribution in [3.8, 4) is 11.4 Å². The first kappa shape index (κ1) is 9.71. The van der Waals surface area contributed by atoms with Crippen molar-refractivity contribution in [3.05, 3.63) is 29.6 Å². The first-order chi connectivity index (χ1) is 7.09. The Balaban J connectivity index is 2.59. The molecule has 0 spiro atoms. The number of rotatable bonds is 1. The molecule has 0 saturated carbocycles. The molecule has 0 atom stereocenters. The van der Waals surface area contributed by atoms with E-state index in [9.17, 15) is 0 Å². The molecule has 2 rings (SSSR count).